The van der Waals surface area contributed by atoms with Crippen LogP contribution in [0, 0.1) is 11.8 Å². The van der Waals surface area contributed by atoms with E-state index in [-0.39, 0.29) is 24.4 Å². The summed E-state index contributed by atoms with van der Waals surface area (Å²) in [5.74, 6) is 0.460. The van der Waals surface area contributed by atoms with Crippen molar-refractivity contribution in [1.29, 1.82) is 0 Å². The molecular weight excluding hydrogens is 246 g/mol. The molecule has 2 rings (SSSR count). The summed E-state index contributed by atoms with van der Waals surface area (Å²) < 4.78 is 9.95. The monoisotopic (exact) mass is 263 g/mol. The summed E-state index contributed by atoms with van der Waals surface area (Å²) in [6.07, 6.45) is 0.860. The van der Waals surface area contributed by atoms with Crippen LogP contribution in [0.4, 0.5) is 5.69 Å². The average Bonchev–Trinajstić information content (AvgIpc) is 3.14. The predicted octanol–water partition coefficient (Wildman–Crippen LogP) is 1.83. The number of rotatable bonds is 5. The number of anilines is 1. The summed E-state index contributed by atoms with van der Waals surface area (Å²) in [5.41, 5.74) is 0.640. The predicted molar refractivity (Wildman–Crippen MR) is 69.9 cm³/mol. The molecule has 1 aromatic rings. The molecule has 0 aliphatic heterocycles. The maximum atomic E-state index is 11.6. The van der Waals surface area contributed by atoms with E-state index in [0.29, 0.717) is 17.4 Å². The van der Waals surface area contributed by atoms with Crippen molar-refractivity contribution in [3.8, 4) is 5.75 Å². The fourth-order valence-corrected chi connectivity index (χ4v) is 1.77. The highest BCUT2D eigenvalue weighted by molar-refractivity contribution is 5.93. The minimum atomic E-state index is -0.341. The molecule has 1 aromatic carbocycles. The highest BCUT2D eigenvalue weighted by atomic mass is 16.5. The Morgan fingerprint density at radius 2 is 1.95 bits per heavy atom. The molecule has 0 radical (unpaired) electrons. The molecule has 0 bridgehead atoms. The van der Waals surface area contributed by atoms with Crippen LogP contribution in [0.2, 0.25) is 0 Å². The Morgan fingerprint density at radius 1 is 1.32 bits per heavy atom. The van der Waals surface area contributed by atoms with Gasteiger partial charge in [0.25, 0.3) is 5.91 Å². The van der Waals surface area contributed by atoms with Gasteiger partial charge in [0.2, 0.25) is 0 Å². The number of esters is 1. The summed E-state index contributed by atoms with van der Waals surface area (Å²) in [5, 5.41) is 2.65. The first kappa shape index (κ1) is 13.4. The van der Waals surface area contributed by atoms with Gasteiger partial charge in [0.05, 0.1) is 13.0 Å². The number of methoxy groups -OCH3 is 1. The molecule has 1 amide bonds. The molecule has 0 aromatic heterocycles. The van der Waals surface area contributed by atoms with Crippen molar-refractivity contribution in [3.63, 3.8) is 0 Å². The molecule has 0 heterocycles. The lowest BCUT2D eigenvalue weighted by atomic mass is 10.3. The maximum Gasteiger partial charge on any atom is 0.309 e. The largest absolute Gasteiger partial charge is 0.497 e. The summed E-state index contributed by atoms with van der Waals surface area (Å²) in [4.78, 5) is 23.0. The Hall–Kier alpha value is -2.04. The van der Waals surface area contributed by atoms with E-state index in [2.05, 4.69) is 5.32 Å². The molecular formula is C14H17NO4. The van der Waals surface area contributed by atoms with E-state index in [1.165, 1.54) is 0 Å². The van der Waals surface area contributed by atoms with Gasteiger partial charge in [-0.05, 0) is 36.6 Å². The van der Waals surface area contributed by atoms with Gasteiger partial charge in [0, 0.05) is 5.69 Å². The summed E-state index contributed by atoms with van der Waals surface area (Å²) in [7, 11) is 1.58. The Labute approximate surface area is 111 Å². The van der Waals surface area contributed by atoms with Crippen molar-refractivity contribution in [2.75, 3.05) is 19.0 Å². The normalized spacial score (nSPS) is 20.5. The Balaban J connectivity index is 1.75. The van der Waals surface area contributed by atoms with E-state index >= 15 is 0 Å². The number of carbonyl (C=O) groups is 2. The first-order valence-corrected chi connectivity index (χ1v) is 6.20. The Morgan fingerprint density at radius 3 is 2.47 bits per heavy atom. The van der Waals surface area contributed by atoms with Crippen molar-refractivity contribution < 1.29 is 19.1 Å². The van der Waals surface area contributed by atoms with E-state index in [1.54, 1.807) is 31.4 Å². The van der Waals surface area contributed by atoms with Crippen LogP contribution in [0.25, 0.3) is 0 Å². The highest BCUT2D eigenvalue weighted by Crippen LogP contribution is 2.38. The zero-order valence-corrected chi connectivity index (χ0v) is 11.0. The zero-order valence-electron chi connectivity index (χ0n) is 11.0. The van der Waals surface area contributed by atoms with Gasteiger partial charge in [-0.25, -0.2) is 0 Å². The van der Waals surface area contributed by atoms with Gasteiger partial charge in [-0.1, -0.05) is 6.92 Å². The molecule has 0 saturated heterocycles. The molecule has 1 fully saturated rings. The number of amides is 1. The van der Waals surface area contributed by atoms with Crippen LogP contribution >= 0.6 is 0 Å². The van der Waals surface area contributed by atoms with Crippen LogP contribution in [-0.4, -0.2) is 25.6 Å². The van der Waals surface area contributed by atoms with E-state index in [4.69, 9.17) is 9.47 Å². The molecule has 0 spiro atoms. The van der Waals surface area contributed by atoms with E-state index < -0.39 is 0 Å². The second-order valence-electron chi connectivity index (χ2n) is 4.70. The van der Waals surface area contributed by atoms with Crippen LogP contribution < -0.4 is 10.1 Å². The van der Waals surface area contributed by atoms with Gasteiger partial charge in [-0.2, -0.15) is 0 Å². The second kappa shape index (κ2) is 5.73. The van der Waals surface area contributed by atoms with Gasteiger partial charge >= 0.3 is 5.97 Å². The number of hydrogen-bond acceptors (Lipinski definition) is 4. The van der Waals surface area contributed by atoms with Crippen molar-refractivity contribution in [1.82, 2.24) is 0 Å². The molecule has 102 valence electrons. The number of ether oxygens (including phenoxy) is 2. The van der Waals surface area contributed by atoms with Crippen LogP contribution in [0.5, 0.6) is 5.75 Å². The summed E-state index contributed by atoms with van der Waals surface area (Å²) >= 11 is 0. The molecule has 0 unspecified atom stereocenters. The second-order valence-corrected chi connectivity index (χ2v) is 4.70. The van der Waals surface area contributed by atoms with E-state index in [0.717, 1.165) is 6.42 Å². The number of benzene rings is 1. The third-order valence-electron chi connectivity index (χ3n) is 3.13. The Bertz CT molecular complexity index is 469. The average molecular weight is 263 g/mol. The lowest BCUT2D eigenvalue weighted by Crippen LogP contribution is -2.21. The molecule has 2 atom stereocenters. The molecule has 19 heavy (non-hydrogen) atoms. The van der Waals surface area contributed by atoms with Gasteiger partial charge in [0.1, 0.15) is 5.75 Å². The number of carbonyl (C=O) groups excluding carboxylic acids is 2. The SMILES string of the molecule is COc1ccc(NC(=O)COC(=O)[C@@H]2C[C@H]2C)cc1. The van der Waals surface area contributed by atoms with Crippen LogP contribution in [0.1, 0.15) is 13.3 Å². The quantitative estimate of drug-likeness (QED) is 0.823. The minimum absolute atomic E-state index is 0.0196. The lowest BCUT2D eigenvalue weighted by Gasteiger charge is -2.07. The first-order valence-electron chi connectivity index (χ1n) is 6.20. The van der Waals surface area contributed by atoms with Crippen LogP contribution in [0.15, 0.2) is 24.3 Å². The highest BCUT2D eigenvalue weighted by Gasteiger charge is 2.40. The molecule has 5 heteroatoms. The van der Waals surface area contributed by atoms with Gasteiger partial charge in [0.15, 0.2) is 6.61 Å². The van der Waals surface area contributed by atoms with Crippen LogP contribution in [0.3, 0.4) is 0 Å². The van der Waals surface area contributed by atoms with Crippen molar-refractivity contribution in [2.24, 2.45) is 11.8 Å². The van der Waals surface area contributed by atoms with Crippen LogP contribution in [-0.2, 0) is 14.3 Å². The standard InChI is InChI=1S/C14H17NO4/c1-9-7-12(9)14(17)19-8-13(16)15-10-3-5-11(18-2)6-4-10/h3-6,9,12H,7-8H2,1-2H3,(H,15,16)/t9-,12-/m1/s1. The van der Waals surface area contributed by atoms with Crippen molar-refractivity contribution in [2.45, 2.75) is 13.3 Å². The smallest absolute Gasteiger partial charge is 0.309 e. The fourth-order valence-electron chi connectivity index (χ4n) is 1.77. The zero-order chi connectivity index (χ0) is 13.8. The van der Waals surface area contributed by atoms with Crippen molar-refractivity contribution in [3.05, 3.63) is 24.3 Å². The third kappa shape index (κ3) is 3.71. The van der Waals surface area contributed by atoms with Gasteiger partial charge < -0.3 is 14.8 Å². The topological polar surface area (TPSA) is 64.6 Å². The molecule has 5 nitrogen and oxygen atoms in total. The minimum Gasteiger partial charge on any atom is -0.497 e. The van der Waals surface area contributed by atoms with Gasteiger partial charge in [-0.3, -0.25) is 9.59 Å². The van der Waals surface area contributed by atoms with Gasteiger partial charge in [-0.15, -0.1) is 0 Å². The molecule has 1 aliphatic rings. The summed E-state index contributed by atoms with van der Waals surface area (Å²) in [6, 6.07) is 6.93. The molecule has 1 N–H and O–H groups in total. The fraction of sp³-hybridized carbons (Fsp3) is 0.429. The maximum absolute atomic E-state index is 11.6. The summed E-state index contributed by atoms with van der Waals surface area (Å²) in [6.45, 7) is 1.75. The van der Waals surface area contributed by atoms with E-state index in [1.807, 2.05) is 6.92 Å². The van der Waals surface area contributed by atoms with E-state index in [9.17, 15) is 9.59 Å². The lowest BCUT2D eigenvalue weighted by molar-refractivity contribution is -0.148. The Kier molecular flexibility index (Phi) is 4.04. The number of hydrogen-bond donors (Lipinski definition) is 1. The molecule has 1 saturated carbocycles. The van der Waals surface area contributed by atoms with Crippen molar-refractivity contribution >= 4 is 17.6 Å². The first-order chi connectivity index (χ1) is 9.10. The number of nitrogens with one attached hydrogen (secondary N) is 1. The molecule has 1 aliphatic carbocycles. The third-order valence-corrected chi connectivity index (χ3v) is 3.13.